The van der Waals surface area contributed by atoms with Gasteiger partial charge in [0.1, 0.15) is 12.1 Å². The Bertz CT molecular complexity index is 558. The highest BCUT2D eigenvalue weighted by atomic mass is 16.6. The van der Waals surface area contributed by atoms with Crippen LogP contribution in [0.4, 0.5) is 0 Å². The van der Waals surface area contributed by atoms with Crippen molar-refractivity contribution in [2.45, 2.75) is 57.8 Å². The van der Waals surface area contributed by atoms with E-state index in [1.807, 2.05) is 20.8 Å². The number of rotatable bonds is 3. The van der Waals surface area contributed by atoms with Crippen LogP contribution in [0.5, 0.6) is 0 Å². The molecule has 22 heavy (non-hydrogen) atoms. The Morgan fingerprint density at radius 2 is 2.00 bits per heavy atom. The monoisotopic (exact) mass is 311 g/mol. The maximum absolute atomic E-state index is 12.7. The molecule has 2 heterocycles. The highest BCUT2D eigenvalue weighted by Gasteiger charge is 2.76. The Balaban J connectivity index is 1.76. The SMILES string of the molecule is CC1(C)[C@@]2(C)CC[C@]1(C(=O)O[C@H]1CN[C@H](C(=O)O)C1)OC2=O. The van der Waals surface area contributed by atoms with Crippen LogP contribution in [0.3, 0.4) is 0 Å². The summed E-state index contributed by atoms with van der Waals surface area (Å²) in [5, 5.41) is 11.8. The molecule has 3 aliphatic rings. The second kappa shape index (κ2) is 4.44. The minimum absolute atomic E-state index is 0.225. The quantitative estimate of drug-likeness (QED) is 0.730. The number of nitrogens with one attached hydrogen (secondary N) is 1. The van der Waals surface area contributed by atoms with Gasteiger partial charge in [0, 0.05) is 18.4 Å². The zero-order valence-corrected chi connectivity index (χ0v) is 13.0. The van der Waals surface area contributed by atoms with Gasteiger partial charge in [0.15, 0.2) is 0 Å². The van der Waals surface area contributed by atoms with Crippen molar-refractivity contribution in [2.24, 2.45) is 10.8 Å². The van der Waals surface area contributed by atoms with E-state index >= 15 is 0 Å². The molecule has 0 amide bonds. The van der Waals surface area contributed by atoms with Gasteiger partial charge < -0.3 is 19.9 Å². The molecule has 1 saturated carbocycles. The lowest BCUT2D eigenvalue weighted by Crippen LogP contribution is -2.50. The Kier molecular flexibility index (Phi) is 3.08. The zero-order valence-electron chi connectivity index (χ0n) is 13.0. The second-order valence-electron chi connectivity index (χ2n) is 7.24. The van der Waals surface area contributed by atoms with Gasteiger partial charge in [0.05, 0.1) is 5.41 Å². The first-order valence-electron chi connectivity index (χ1n) is 7.55. The van der Waals surface area contributed by atoms with E-state index in [-0.39, 0.29) is 12.4 Å². The largest absolute Gasteiger partial charge is 0.480 e. The summed E-state index contributed by atoms with van der Waals surface area (Å²) >= 11 is 0. The third-order valence-electron chi connectivity index (χ3n) is 6.08. The Labute approximate surface area is 128 Å². The van der Waals surface area contributed by atoms with Crippen molar-refractivity contribution in [3.8, 4) is 0 Å². The molecule has 2 saturated heterocycles. The normalized spacial score (nSPS) is 42.2. The van der Waals surface area contributed by atoms with Crippen LogP contribution >= 0.6 is 0 Å². The van der Waals surface area contributed by atoms with Crippen molar-refractivity contribution in [2.75, 3.05) is 6.54 Å². The molecule has 7 nitrogen and oxygen atoms in total. The maximum atomic E-state index is 12.7. The molecule has 7 heteroatoms. The molecule has 0 aromatic heterocycles. The van der Waals surface area contributed by atoms with Gasteiger partial charge in [-0.05, 0) is 19.8 Å². The summed E-state index contributed by atoms with van der Waals surface area (Å²) in [5.41, 5.74) is -2.57. The van der Waals surface area contributed by atoms with Crippen LogP contribution in [0.1, 0.15) is 40.0 Å². The number of ether oxygens (including phenoxy) is 2. The molecule has 0 aromatic rings. The van der Waals surface area contributed by atoms with Gasteiger partial charge in [-0.25, -0.2) is 4.79 Å². The fourth-order valence-corrected chi connectivity index (χ4v) is 3.93. The van der Waals surface area contributed by atoms with E-state index in [2.05, 4.69) is 5.32 Å². The topological polar surface area (TPSA) is 102 Å². The first-order chi connectivity index (χ1) is 10.1. The first-order valence-corrected chi connectivity index (χ1v) is 7.55. The van der Waals surface area contributed by atoms with Crippen molar-refractivity contribution in [3.05, 3.63) is 0 Å². The minimum atomic E-state index is -1.25. The summed E-state index contributed by atoms with van der Waals surface area (Å²) in [6, 6.07) is -0.705. The molecule has 0 spiro atoms. The molecule has 0 radical (unpaired) electrons. The first kappa shape index (κ1) is 15.3. The van der Waals surface area contributed by atoms with Crippen LogP contribution in [-0.4, -0.2) is 47.3 Å². The van der Waals surface area contributed by atoms with Crippen molar-refractivity contribution in [1.82, 2.24) is 5.32 Å². The molecule has 1 aliphatic carbocycles. The number of carbonyl (C=O) groups excluding carboxylic acids is 2. The van der Waals surface area contributed by atoms with Crippen molar-refractivity contribution >= 4 is 17.9 Å². The lowest BCUT2D eigenvalue weighted by atomic mass is 9.66. The third-order valence-corrected chi connectivity index (χ3v) is 6.08. The van der Waals surface area contributed by atoms with Crippen LogP contribution in [0.25, 0.3) is 0 Å². The molecule has 3 rings (SSSR count). The number of hydrogen-bond acceptors (Lipinski definition) is 6. The highest BCUT2D eigenvalue weighted by Crippen LogP contribution is 2.65. The summed E-state index contributed by atoms with van der Waals surface area (Å²) in [6.45, 7) is 5.84. The summed E-state index contributed by atoms with van der Waals surface area (Å²) in [4.78, 5) is 35.8. The predicted molar refractivity (Wildman–Crippen MR) is 73.9 cm³/mol. The number of esters is 2. The number of aliphatic carboxylic acids is 1. The van der Waals surface area contributed by atoms with Crippen LogP contribution in [-0.2, 0) is 23.9 Å². The minimum Gasteiger partial charge on any atom is -0.480 e. The molecule has 2 aliphatic heterocycles. The summed E-state index contributed by atoms with van der Waals surface area (Å²) < 4.78 is 10.9. The van der Waals surface area contributed by atoms with E-state index in [1.165, 1.54) is 0 Å². The standard InChI is InChI=1S/C15H21NO6/c1-13(2)14(3)4-5-15(13,22-11(14)19)12(20)21-8-6-9(10(17)18)16-7-8/h8-9,16H,4-7H2,1-3H3,(H,17,18)/t8-,9+,14+,15-/m1/s1. The smallest absolute Gasteiger partial charge is 0.351 e. The lowest BCUT2D eigenvalue weighted by Gasteiger charge is -2.35. The van der Waals surface area contributed by atoms with E-state index in [4.69, 9.17) is 14.6 Å². The Morgan fingerprint density at radius 3 is 2.45 bits per heavy atom. The van der Waals surface area contributed by atoms with Crippen LogP contribution in [0.15, 0.2) is 0 Å². The molecule has 3 fully saturated rings. The lowest BCUT2D eigenvalue weighted by molar-refractivity contribution is -0.186. The molecule has 0 aromatic carbocycles. The third kappa shape index (κ3) is 1.68. The summed E-state index contributed by atoms with van der Waals surface area (Å²) in [6.07, 6.45) is 0.756. The van der Waals surface area contributed by atoms with E-state index in [0.29, 0.717) is 19.4 Å². The number of carboxylic acid groups (broad SMARTS) is 1. The second-order valence-corrected chi connectivity index (χ2v) is 7.24. The molecular formula is C15H21NO6. The fourth-order valence-electron chi connectivity index (χ4n) is 3.93. The maximum Gasteiger partial charge on any atom is 0.351 e. The number of carboxylic acids is 1. The van der Waals surface area contributed by atoms with E-state index < -0.39 is 40.5 Å². The van der Waals surface area contributed by atoms with Crippen LogP contribution in [0, 0.1) is 10.8 Å². The van der Waals surface area contributed by atoms with Crippen molar-refractivity contribution < 1.29 is 29.0 Å². The number of hydrogen-bond donors (Lipinski definition) is 2. The fraction of sp³-hybridized carbons (Fsp3) is 0.800. The molecule has 2 bridgehead atoms. The summed E-state index contributed by atoms with van der Waals surface area (Å²) in [5.74, 6) is -1.86. The molecule has 2 N–H and O–H groups in total. The summed E-state index contributed by atoms with van der Waals surface area (Å²) in [7, 11) is 0. The number of carbonyl (C=O) groups is 3. The van der Waals surface area contributed by atoms with E-state index in [0.717, 1.165) is 0 Å². The van der Waals surface area contributed by atoms with Crippen LogP contribution in [0.2, 0.25) is 0 Å². The van der Waals surface area contributed by atoms with Gasteiger partial charge >= 0.3 is 17.9 Å². The van der Waals surface area contributed by atoms with Gasteiger partial charge in [-0.2, -0.15) is 0 Å². The van der Waals surface area contributed by atoms with Crippen molar-refractivity contribution in [3.63, 3.8) is 0 Å². The van der Waals surface area contributed by atoms with Gasteiger partial charge in [-0.3, -0.25) is 9.59 Å². The molecule has 122 valence electrons. The number of fused-ring (bicyclic) bond motifs is 2. The van der Waals surface area contributed by atoms with Crippen LogP contribution < -0.4 is 5.32 Å². The molecular weight excluding hydrogens is 290 g/mol. The van der Waals surface area contributed by atoms with Crippen molar-refractivity contribution in [1.29, 1.82) is 0 Å². The van der Waals surface area contributed by atoms with Gasteiger partial charge in [-0.15, -0.1) is 0 Å². The Morgan fingerprint density at radius 1 is 1.32 bits per heavy atom. The average Bonchev–Trinajstić information content (AvgIpc) is 3.00. The predicted octanol–water partition coefficient (Wildman–Crippen LogP) is 0.467. The zero-order chi connectivity index (χ0) is 16.3. The van der Waals surface area contributed by atoms with Gasteiger partial charge in [0.2, 0.25) is 5.60 Å². The van der Waals surface area contributed by atoms with Gasteiger partial charge in [-0.1, -0.05) is 13.8 Å². The molecule has 4 atom stereocenters. The van der Waals surface area contributed by atoms with E-state index in [1.54, 1.807) is 0 Å². The van der Waals surface area contributed by atoms with E-state index in [9.17, 15) is 14.4 Å². The molecule has 0 unspecified atom stereocenters. The Hall–Kier alpha value is -1.63. The van der Waals surface area contributed by atoms with Gasteiger partial charge in [0.25, 0.3) is 0 Å². The highest BCUT2D eigenvalue weighted by molar-refractivity contribution is 5.93. The average molecular weight is 311 g/mol.